The summed E-state index contributed by atoms with van der Waals surface area (Å²) in [6.45, 7) is 6.13. The predicted molar refractivity (Wildman–Crippen MR) is 121 cm³/mol. The van der Waals surface area contributed by atoms with Gasteiger partial charge in [0.1, 0.15) is 0 Å². The zero-order valence-electron chi connectivity index (χ0n) is 18.1. The van der Waals surface area contributed by atoms with Gasteiger partial charge < -0.3 is 9.80 Å². The number of hydrogen-bond donors (Lipinski definition) is 0. The van der Waals surface area contributed by atoms with Crippen molar-refractivity contribution < 1.29 is 4.79 Å². The lowest BCUT2D eigenvalue weighted by Crippen LogP contribution is -2.45. The van der Waals surface area contributed by atoms with Crippen molar-refractivity contribution in [3.8, 4) is 0 Å². The standard InChI is InChI=1S/C26H33N3O/c1-26(12-3-2-4-13-26)25(30)28-15-11-22(17-28)20-7-9-24(10-8-20)29-18-23(19-29)21-6-5-14-27-16-21/h5-10,14,16,22-23H,2-4,11-13,15,17-19H2,1H3. The van der Waals surface area contributed by atoms with E-state index in [4.69, 9.17) is 0 Å². The van der Waals surface area contributed by atoms with Crippen molar-refractivity contribution in [2.24, 2.45) is 5.41 Å². The fourth-order valence-corrected chi connectivity index (χ4v) is 5.62. The van der Waals surface area contributed by atoms with Crippen molar-refractivity contribution in [1.82, 2.24) is 9.88 Å². The van der Waals surface area contributed by atoms with Gasteiger partial charge in [-0.25, -0.2) is 0 Å². The third-order valence-electron chi connectivity index (χ3n) is 7.72. The van der Waals surface area contributed by atoms with Crippen LogP contribution in [0.3, 0.4) is 0 Å². The second kappa shape index (κ2) is 8.05. The van der Waals surface area contributed by atoms with E-state index < -0.39 is 0 Å². The average Bonchev–Trinajstić information content (AvgIpc) is 3.24. The molecule has 2 saturated heterocycles. The van der Waals surface area contributed by atoms with Crippen LogP contribution in [0.2, 0.25) is 0 Å². The van der Waals surface area contributed by atoms with Crippen LogP contribution in [-0.4, -0.2) is 42.0 Å². The Morgan fingerprint density at radius 1 is 0.967 bits per heavy atom. The van der Waals surface area contributed by atoms with Crippen molar-refractivity contribution in [1.29, 1.82) is 0 Å². The number of aromatic nitrogens is 1. The lowest BCUT2D eigenvalue weighted by molar-refractivity contribution is -0.142. The molecule has 158 valence electrons. The van der Waals surface area contributed by atoms with Gasteiger partial charge in [-0.3, -0.25) is 9.78 Å². The van der Waals surface area contributed by atoms with Crippen LogP contribution in [0.4, 0.5) is 5.69 Å². The highest BCUT2D eigenvalue weighted by Crippen LogP contribution is 2.40. The Labute approximate surface area is 180 Å². The lowest BCUT2D eigenvalue weighted by atomic mass is 9.74. The van der Waals surface area contributed by atoms with Crippen LogP contribution >= 0.6 is 0 Å². The summed E-state index contributed by atoms with van der Waals surface area (Å²) in [5, 5.41) is 0. The van der Waals surface area contributed by atoms with Gasteiger partial charge in [0.2, 0.25) is 5.91 Å². The van der Waals surface area contributed by atoms with Crippen molar-refractivity contribution in [2.45, 2.75) is 57.3 Å². The molecule has 2 aliphatic heterocycles. The first-order chi connectivity index (χ1) is 14.6. The van der Waals surface area contributed by atoms with Gasteiger partial charge in [-0.2, -0.15) is 0 Å². The number of anilines is 1. The van der Waals surface area contributed by atoms with E-state index in [0.717, 1.165) is 45.4 Å². The van der Waals surface area contributed by atoms with Gasteiger partial charge in [-0.1, -0.05) is 44.4 Å². The zero-order valence-corrected chi connectivity index (χ0v) is 18.1. The van der Waals surface area contributed by atoms with E-state index in [2.05, 4.69) is 52.0 Å². The fourth-order valence-electron chi connectivity index (χ4n) is 5.62. The molecule has 0 N–H and O–H groups in total. The summed E-state index contributed by atoms with van der Waals surface area (Å²) >= 11 is 0. The van der Waals surface area contributed by atoms with Crippen LogP contribution in [0.5, 0.6) is 0 Å². The molecule has 1 aliphatic carbocycles. The monoisotopic (exact) mass is 403 g/mol. The molecule has 30 heavy (non-hydrogen) atoms. The summed E-state index contributed by atoms with van der Waals surface area (Å²) in [6, 6.07) is 13.3. The van der Waals surface area contributed by atoms with E-state index in [9.17, 15) is 4.79 Å². The highest BCUT2D eigenvalue weighted by atomic mass is 16.2. The van der Waals surface area contributed by atoms with Gasteiger partial charge in [0.15, 0.2) is 0 Å². The molecule has 1 aromatic carbocycles. The second-order valence-corrected chi connectivity index (χ2v) is 9.84. The van der Waals surface area contributed by atoms with Crippen molar-refractivity contribution >= 4 is 11.6 Å². The number of benzene rings is 1. The number of nitrogens with zero attached hydrogens (tertiary/aromatic N) is 3. The Hall–Kier alpha value is -2.36. The molecule has 1 atom stereocenters. The normalized spacial score (nSPS) is 24.0. The number of carbonyl (C=O) groups excluding carboxylic acids is 1. The number of amides is 1. The van der Waals surface area contributed by atoms with Crippen LogP contribution in [0.1, 0.15) is 68.4 Å². The predicted octanol–water partition coefficient (Wildman–Crippen LogP) is 4.97. The van der Waals surface area contributed by atoms with Crippen molar-refractivity contribution in [3.05, 3.63) is 59.9 Å². The SMILES string of the molecule is CC1(C(=O)N2CCC(c3ccc(N4CC(c5cccnc5)C4)cc3)C2)CCCCC1. The van der Waals surface area contributed by atoms with Crippen LogP contribution in [0, 0.1) is 5.41 Å². The van der Waals surface area contributed by atoms with Crippen LogP contribution in [0.15, 0.2) is 48.8 Å². The summed E-state index contributed by atoms with van der Waals surface area (Å²) in [5.74, 6) is 1.48. The molecule has 3 fully saturated rings. The number of hydrogen-bond acceptors (Lipinski definition) is 3. The number of pyridine rings is 1. The first kappa shape index (κ1) is 19.6. The molecule has 3 aliphatic rings. The van der Waals surface area contributed by atoms with Crippen molar-refractivity contribution in [2.75, 3.05) is 31.1 Å². The number of rotatable bonds is 4. The van der Waals surface area contributed by atoms with Crippen LogP contribution < -0.4 is 4.90 Å². The van der Waals surface area contributed by atoms with Crippen molar-refractivity contribution in [3.63, 3.8) is 0 Å². The van der Waals surface area contributed by atoms with E-state index in [1.807, 2.05) is 18.5 Å². The highest BCUT2D eigenvalue weighted by molar-refractivity contribution is 5.82. The maximum atomic E-state index is 13.2. The summed E-state index contributed by atoms with van der Waals surface area (Å²) in [5.41, 5.74) is 3.92. The fraction of sp³-hybridized carbons (Fsp3) is 0.538. The number of likely N-dealkylation sites (tertiary alicyclic amines) is 1. The molecule has 4 heteroatoms. The van der Waals surface area contributed by atoms with E-state index in [0.29, 0.717) is 17.7 Å². The molecule has 0 radical (unpaired) electrons. The molecule has 0 bridgehead atoms. The van der Waals surface area contributed by atoms with Crippen LogP contribution in [0.25, 0.3) is 0 Å². The van der Waals surface area contributed by atoms with Gasteiger partial charge in [0, 0.05) is 61.5 Å². The Kier molecular flexibility index (Phi) is 5.26. The summed E-state index contributed by atoms with van der Waals surface area (Å²) in [7, 11) is 0. The highest BCUT2D eigenvalue weighted by Gasteiger charge is 2.40. The van der Waals surface area contributed by atoms with E-state index in [-0.39, 0.29) is 5.41 Å². The van der Waals surface area contributed by atoms with Gasteiger partial charge >= 0.3 is 0 Å². The van der Waals surface area contributed by atoms with E-state index in [1.165, 1.54) is 36.1 Å². The van der Waals surface area contributed by atoms with Gasteiger partial charge in [-0.15, -0.1) is 0 Å². The second-order valence-electron chi connectivity index (χ2n) is 9.84. The Bertz CT molecular complexity index is 867. The smallest absolute Gasteiger partial charge is 0.228 e. The minimum Gasteiger partial charge on any atom is -0.370 e. The molecule has 1 amide bonds. The largest absolute Gasteiger partial charge is 0.370 e. The molecular formula is C26H33N3O. The van der Waals surface area contributed by atoms with Gasteiger partial charge in [-0.05, 0) is 48.6 Å². The molecule has 0 spiro atoms. The van der Waals surface area contributed by atoms with E-state index in [1.54, 1.807) is 0 Å². The Balaban J connectivity index is 1.17. The molecule has 2 aromatic rings. The summed E-state index contributed by atoms with van der Waals surface area (Å²) in [6.07, 6.45) is 10.8. The molecule has 1 unspecified atom stereocenters. The lowest BCUT2D eigenvalue weighted by Gasteiger charge is -2.41. The van der Waals surface area contributed by atoms with Gasteiger partial charge in [0.25, 0.3) is 0 Å². The third-order valence-corrected chi connectivity index (χ3v) is 7.72. The number of carbonyl (C=O) groups is 1. The Morgan fingerprint density at radius 3 is 2.43 bits per heavy atom. The average molecular weight is 404 g/mol. The topological polar surface area (TPSA) is 36.4 Å². The molecule has 4 nitrogen and oxygen atoms in total. The maximum absolute atomic E-state index is 13.2. The molecule has 3 heterocycles. The summed E-state index contributed by atoms with van der Waals surface area (Å²) < 4.78 is 0. The molecular weight excluding hydrogens is 370 g/mol. The first-order valence-electron chi connectivity index (χ1n) is 11.7. The molecule has 1 aromatic heterocycles. The van der Waals surface area contributed by atoms with Crippen LogP contribution in [-0.2, 0) is 4.79 Å². The minimum absolute atomic E-state index is 0.112. The van der Waals surface area contributed by atoms with E-state index >= 15 is 0 Å². The Morgan fingerprint density at radius 2 is 1.73 bits per heavy atom. The van der Waals surface area contributed by atoms with Gasteiger partial charge in [0.05, 0.1) is 0 Å². The quantitative estimate of drug-likeness (QED) is 0.723. The molecule has 5 rings (SSSR count). The maximum Gasteiger partial charge on any atom is 0.228 e. The first-order valence-corrected chi connectivity index (χ1v) is 11.7. The zero-order chi connectivity index (χ0) is 20.6. The summed E-state index contributed by atoms with van der Waals surface area (Å²) in [4.78, 5) is 22.0. The third kappa shape index (κ3) is 3.73. The molecule has 1 saturated carbocycles. The minimum atomic E-state index is -0.112.